The van der Waals surface area contributed by atoms with Crippen molar-refractivity contribution >= 4 is 28.9 Å². The second kappa shape index (κ2) is 5.91. The molecule has 8 nitrogen and oxygen atoms in total. The van der Waals surface area contributed by atoms with Gasteiger partial charge in [-0.15, -0.1) is 11.8 Å². The van der Waals surface area contributed by atoms with Gasteiger partial charge in [0.15, 0.2) is 11.2 Å². The van der Waals surface area contributed by atoms with E-state index >= 15 is 0 Å². The van der Waals surface area contributed by atoms with Crippen LogP contribution in [0.2, 0.25) is 0 Å². The lowest BCUT2D eigenvalue weighted by Crippen LogP contribution is -2.12. The number of imidazole rings is 1. The van der Waals surface area contributed by atoms with E-state index in [2.05, 4.69) is 19.9 Å². The Morgan fingerprint density at radius 1 is 1.33 bits per heavy atom. The van der Waals surface area contributed by atoms with E-state index in [-0.39, 0.29) is 41.5 Å². The Kier molecular flexibility index (Phi) is 3.73. The molecule has 1 aliphatic carbocycles. The van der Waals surface area contributed by atoms with Gasteiger partial charge in [-0.1, -0.05) is 6.07 Å². The molecule has 1 fully saturated rings. The number of anilines is 1. The normalized spacial score (nSPS) is 22.8. The van der Waals surface area contributed by atoms with E-state index < -0.39 is 0 Å². The van der Waals surface area contributed by atoms with Crippen LogP contribution in [0.25, 0.3) is 11.2 Å². The average molecular weight is 344 g/mol. The van der Waals surface area contributed by atoms with Crippen LogP contribution < -0.4 is 11.3 Å². The summed E-state index contributed by atoms with van der Waals surface area (Å²) in [5.41, 5.74) is 6.02. The molecule has 4 N–H and O–H groups in total. The lowest BCUT2D eigenvalue weighted by molar-refractivity contribution is 0.265. The molecule has 4 rings (SSSR count). The van der Waals surface area contributed by atoms with Crippen molar-refractivity contribution in [1.29, 1.82) is 0 Å². The minimum Gasteiger partial charge on any atom is -0.396 e. The van der Waals surface area contributed by atoms with E-state index in [1.54, 1.807) is 24.3 Å². The van der Waals surface area contributed by atoms with E-state index in [1.807, 2.05) is 22.8 Å². The van der Waals surface area contributed by atoms with Crippen molar-refractivity contribution in [2.45, 2.75) is 11.1 Å². The van der Waals surface area contributed by atoms with Crippen molar-refractivity contribution in [1.82, 2.24) is 24.5 Å². The summed E-state index contributed by atoms with van der Waals surface area (Å²) in [6.07, 6.45) is 3.36. The summed E-state index contributed by atoms with van der Waals surface area (Å²) in [6.45, 7) is 0.0798. The van der Waals surface area contributed by atoms with Gasteiger partial charge in [-0.25, -0.2) is 9.97 Å². The van der Waals surface area contributed by atoms with Gasteiger partial charge in [-0.2, -0.15) is 4.98 Å². The largest absolute Gasteiger partial charge is 0.396 e. The van der Waals surface area contributed by atoms with Crippen LogP contribution in [0, 0.1) is 11.8 Å². The number of nitrogens with zero attached hydrogens (tertiary/aromatic N) is 4. The Bertz CT molecular complexity index is 925. The molecule has 3 aromatic heterocycles. The summed E-state index contributed by atoms with van der Waals surface area (Å²) >= 11 is 1.65. The summed E-state index contributed by atoms with van der Waals surface area (Å²) < 4.78 is 1.85. The second-order valence-electron chi connectivity index (χ2n) is 5.76. The third-order valence-electron chi connectivity index (χ3n) is 4.33. The van der Waals surface area contributed by atoms with Gasteiger partial charge in [0.25, 0.3) is 5.56 Å². The molecular weight excluding hydrogens is 328 g/mol. The molecule has 0 radical (unpaired) electrons. The second-order valence-corrected chi connectivity index (χ2v) is 6.80. The molecule has 24 heavy (non-hydrogen) atoms. The Morgan fingerprint density at radius 2 is 2.21 bits per heavy atom. The average Bonchev–Trinajstić information content (AvgIpc) is 3.12. The SMILES string of the molecule is Nc1nc2c(ncn2C2C(CO)C2CSc2ccccn2)c(=O)[nH]1. The maximum absolute atomic E-state index is 11.9. The number of aromatic nitrogens is 5. The van der Waals surface area contributed by atoms with Crippen molar-refractivity contribution in [2.75, 3.05) is 18.1 Å². The Balaban J connectivity index is 1.59. The first-order valence-electron chi connectivity index (χ1n) is 7.56. The summed E-state index contributed by atoms with van der Waals surface area (Å²) in [4.78, 5) is 27.0. The van der Waals surface area contributed by atoms with E-state index in [1.165, 1.54) is 0 Å². The van der Waals surface area contributed by atoms with Crippen molar-refractivity contribution in [3.63, 3.8) is 0 Å². The van der Waals surface area contributed by atoms with Crippen molar-refractivity contribution in [3.8, 4) is 0 Å². The molecule has 0 amide bonds. The number of nitrogen functional groups attached to an aromatic ring is 1. The quantitative estimate of drug-likeness (QED) is 0.581. The topological polar surface area (TPSA) is 123 Å². The number of aliphatic hydroxyl groups is 1. The van der Waals surface area contributed by atoms with Gasteiger partial charge in [0.1, 0.15) is 0 Å². The molecule has 3 unspecified atom stereocenters. The minimum atomic E-state index is -0.350. The summed E-state index contributed by atoms with van der Waals surface area (Å²) in [5.74, 6) is 1.27. The fraction of sp³-hybridized carbons (Fsp3) is 0.333. The number of fused-ring (bicyclic) bond motifs is 1. The fourth-order valence-electron chi connectivity index (χ4n) is 3.08. The number of thioether (sulfide) groups is 1. The molecule has 0 aromatic carbocycles. The van der Waals surface area contributed by atoms with Crippen LogP contribution in [0.4, 0.5) is 5.95 Å². The number of nitrogens with one attached hydrogen (secondary N) is 1. The van der Waals surface area contributed by atoms with E-state index in [0.717, 1.165) is 10.8 Å². The highest BCUT2D eigenvalue weighted by Gasteiger charge is 2.51. The minimum absolute atomic E-state index is 0.0601. The summed E-state index contributed by atoms with van der Waals surface area (Å²) in [6, 6.07) is 5.85. The van der Waals surface area contributed by atoms with Gasteiger partial charge < -0.3 is 15.4 Å². The van der Waals surface area contributed by atoms with Crippen LogP contribution in [-0.2, 0) is 0 Å². The summed E-state index contributed by atoms with van der Waals surface area (Å²) in [7, 11) is 0. The number of H-pyrrole nitrogens is 1. The first kappa shape index (κ1) is 15.2. The number of pyridine rings is 1. The molecule has 3 atom stereocenters. The van der Waals surface area contributed by atoms with Crippen LogP contribution >= 0.6 is 11.8 Å². The van der Waals surface area contributed by atoms with Crippen molar-refractivity contribution < 1.29 is 5.11 Å². The molecule has 9 heteroatoms. The zero-order chi connectivity index (χ0) is 16.7. The van der Waals surface area contributed by atoms with Gasteiger partial charge in [0.05, 0.1) is 11.4 Å². The van der Waals surface area contributed by atoms with Gasteiger partial charge in [-0.05, 0) is 18.1 Å². The number of rotatable bonds is 5. The molecule has 3 aromatic rings. The highest BCUT2D eigenvalue weighted by molar-refractivity contribution is 7.99. The monoisotopic (exact) mass is 344 g/mol. The van der Waals surface area contributed by atoms with Crippen LogP contribution in [0.5, 0.6) is 0 Å². The first-order valence-corrected chi connectivity index (χ1v) is 8.54. The molecule has 0 saturated heterocycles. The fourth-order valence-corrected chi connectivity index (χ4v) is 4.20. The molecule has 1 saturated carbocycles. The standard InChI is InChI=1S/C15H16N6O2S/c16-15-19-13-11(14(23)20-15)18-7-21(13)12-8(5-22)9(12)6-24-10-3-1-2-4-17-10/h1-4,7-9,12,22H,5-6H2,(H3,16,19,20,23). The Morgan fingerprint density at radius 3 is 2.96 bits per heavy atom. The van der Waals surface area contributed by atoms with Gasteiger partial charge in [0.2, 0.25) is 5.95 Å². The predicted octanol–water partition coefficient (Wildman–Crippen LogP) is 0.668. The molecule has 1 aliphatic rings. The van der Waals surface area contributed by atoms with Crippen molar-refractivity contribution in [3.05, 3.63) is 41.1 Å². The first-order chi connectivity index (χ1) is 11.7. The lowest BCUT2D eigenvalue weighted by atomic mass is 10.4. The maximum atomic E-state index is 11.9. The van der Waals surface area contributed by atoms with Crippen LogP contribution in [0.15, 0.2) is 40.5 Å². The zero-order valence-corrected chi connectivity index (χ0v) is 13.5. The third kappa shape index (κ3) is 2.55. The smallest absolute Gasteiger partial charge is 0.280 e. The van der Waals surface area contributed by atoms with E-state index in [4.69, 9.17) is 5.73 Å². The number of hydrogen-bond acceptors (Lipinski definition) is 7. The van der Waals surface area contributed by atoms with E-state index in [0.29, 0.717) is 5.65 Å². The molecule has 124 valence electrons. The molecule has 3 heterocycles. The van der Waals surface area contributed by atoms with Crippen molar-refractivity contribution in [2.24, 2.45) is 11.8 Å². The molecule has 0 aliphatic heterocycles. The summed E-state index contributed by atoms with van der Waals surface area (Å²) in [5, 5.41) is 10.6. The Hall–Kier alpha value is -2.39. The molecule has 0 spiro atoms. The van der Waals surface area contributed by atoms with Crippen LogP contribution in [0.3, 0.4) is 0 Å². The van der Waals surface area contributed by atoms with E-state index in [9.17, 15) is 9.90 Å². The van der Waals surface area contributed by atoms with Crippen LogP contribution in [-0.4, -0.2) is 42.0 Å². The number of hydrogen-bond donors (Lipinski definition) is 3. The lowest BCUT2D eigenvalue weighted by Gasteiger charge is -2.03. The van der Waals surface area contributed by atoms with Crippen LogP contribution in [0.1, 0.15) is 6.04 Å². The highest BCUT2D eigenvalue weighted by Crippen LogP contribution is 2.52. The number of aromatic amines is 1. The predicted molar refractivity (Wildman–Crippen MR) is 90.6 cm³/mol. The van der Waals surface area contributed by atoms with Gasteiger partial charge in [-0.3, -0.25) is 9.78 Å². The van der Waals surface area contributed by atoms with Gasteiger partial charge >= 0.3 is 0 Å². The number of nitrogens with two attached hydrogens (primary N) is 1. The molecular formula is C15H16N6O2S. The van der Waals surface area contributed by atoms with Gasteiger partial charge in [0, 0.05) is 30.5 Å². The molecule has 0 bridgehead atoms. The maximum Gasteiger partial charge on any atom is 0.280 e. The number of aliphatic hydroxyl groups excluding tert-OH is 1. The highest BCUT2D eigenvalue weighted by atomic mass is 32.2. The third-order valence-corrected chi connectivity index (χ3v) is 5.42. The Labute approximate surface area is 141 Å². The zero-order valence-electron chi connectivity index (χ0n) is 12.7.